The molecule has 19 heteroatoms. The van der Waals surface area contributed by atoms with Crippen LogP contribution in [0.2, 0.25) is 0 Å². The summed E-state index contributed by atoms with van der Waals surface area (Å²) in [4.78, 5) is 72.5. The SMILES string of the molecule is CCCCCCCCCCCCCCCCCCCC(=O)O[C@H](COC(=O)CCCCCCCCCCCCCCC)COP(=O)(O)OC[C@@H](O)COP(=O)(O)OC[C@@H](COC(=O)CCCCCCCCCCC)OC(=O)CCCCCCCCC(C)CC. The van der Waals surface area contributed by atoms with Crippen molar-refractivity contribution in [3.63, 3.8) is 0 Å². The van der Waals surface area contributed by atoms with Crippen LogP contribution in [0.3, 0.4) is 0 Å². The number of rotatable bonds is 70. The van der Waals surface area contributed by atoms with Crippen molar-refractivity contribution in [2.45, 2.75) is 380 Å². The van der Waals surface area contributed by atoms with Crippen LogP contribution in [0.25, 0.3) is 0 Å². The molecular formula is C70H136O17P2. The number of aliphatic hydroxyl groups is 1. The molecule has 0 aliphatic carbocycles. The molecule has 0 aromatic heterocycles. The number of carbonyl (C=O) groups excluding carboxylic acids is 4. The third-order valence-electron chi connectivity index (χ3n) is 16.6. The van der Waals surface area contributed by atoms with Crippen molar-refractivity contribution in [1.29, 1.82) is 0 Å². The Bertz CT molecular complexity index is 1720. The predicted molar refractivity (Wildman–Crippen MR) is 358 cm³/mol. The second-order valence-electron chi connectivity index (χ2n) is 25.5. The normalized spacial score (nSPS) is 14.4. The average Bonchev–Trinajstić information content (AvgIpc) is 3.65. The van der Waals surface area contributed by atoms with Gasteiger partial charge in [0, 0.05) is 25.7 Å². The lowest BCUT2D eigenvalue weighted by molar-refractivity contribution is -0.161. The Balaban J connectivity index is 5.22. The van der Waals surface area contributed by atoms with Crippen molar-refractivity contribution in [3.8, 4) is 0 Å². The van der Waals surface area contributed by atoms with E-state index in [1.165, 1.54) is 186 Å². The number of unbranched alkanes of at least 4 members (excludes halogenated alkanes) is 41. The number of carbonyl (C=O) groups is 4. The first-order valence-electron chi connectivity index (χ1n) is 36.7. The highest BCUT2D eigenvalue weighted by atomic mass is 31.2. The quantitative estimate of drug-likeness (QED) is 0.0222. The molecule has 3 unspecified atom stereocenters. The van der Waals surface area contributed by atoms with E-state index in [0.717, 1.165) is 95.8 Å². The summed E-state index contributed by atoms with van der Waals surface area (Å²) in [5.41, 5.74) is 0. The van der Waals surface area contributed by atoms with Gasteiger partial charge in [-0.1, -0.05) is 311 Å². The van der Waals surface area contributed by atoms with Gasteiger partial charge < -0.3 is 33.8 Å². The molecule has 0 amide bonds. The highest BCUT2D eigenvalue weighted by molar-refractivity contribution is 7.47. The summed E-state index contributed by atoms with van der Waals surface area (Å²) in [6.07, 6.45) is 50.0. The highest BCUT2D eigenvalue weighted by Crippen LogP contribution is 2.45. The molecule has 528 valence electrons. The fourth-order valence-electron chi connectivity index (χ4n) is 10.6. The van der Waals surface area contributed by atoms with E-state index in [9.17, 15) is 43.2 Å². The summed E-state index contributed by atoms with van der Waals surface area (Å²) in [7, 11) is -9.90. The maximum absolute atomic E-state index is 13.0. The van der Waals surface area contributed by atoms with Gasteiger partial charge in [-0.2, -0.15) is 0 Å². The van der Waals surface area contributed by atoms with Crippen molar-refractivity contribution < 1.29 is 80.2 Å². The Hall–Kier alpha value is -1.94. The molecule has 89 heavy (non-hydrogen) atoms. The van der Waals surface area contributed by atoms with E-state index >= 15 is 0 Å². The van der Waals surface area contributed by atoms with E-state index in [1.807, 2.05) is 0 Å². The molecule has 0 bridgehead atoms. The highest BCUT2D eigenvalue weighted by Gasteiger charge is 2.30. The number of ether oxygens (including phenoxy) is 4. The van der Waals surface area contributed by atoms with E-state index in [1.54, 1.807) is 0 Å². The number of phosphoric acid groups is 2. The van der Waals surface area contributed by atoms with Gasteiger partial charge in [-0.05, 0) is 31.6 Å². The smallest absolute Gasteiger partial charge is 0.462 e. The molecule has 17 nitrogen and oxygen atoms in total. The summed E-state index contributed by atoms with van der Waals surface area (Å²) >= 11 is 0. The van der Waals surface area contributed by atoms with Gasteiger partial charge in [0.15, 0.2) is 12.2 Å². The Morgan fingerprint density at radius 3 is 0.798 bits per heavy atom. The maximum atomic E-state index is 13.0. The van der Waals surface area contributed by atoms with Gasteiger partial charge in [0.25, 0.3) is 0 Å². The lowest BCUT2D eigenvalue weighted by Crippen LogP contribution is -2.30. The zero-order valence-electron chi connectivity index (χ0n) is 57.6. The van der Waals surface area contributed by atoms with Gasteiger partial charge in [0.2, 0.25) is 0 Å². The van der Waals surface area contributed by atoms with E-state index in [0.29, 0.717) is 25.7 Å². The Morgan fingerprint density at radius 1 is 0.315 bits per heavy atom. The van der Waals surface area contributed by atoms with Crippen LogP contribution in [0.5, 0.6) is 0 Å². The molecule has 6 atom stereocenters. The van der Waals surface area contributed by atoms with Crippen LogP contribution in [-0.2, 0) is 65.4 Å². The van der Waals surface area contributed by atoms with Crippen LogP contribution in [0.4, 0.5) is 0 Å². The lowest BCUT2D eigenvalue weighted by Gasteiger charge is -2.21. The monoisotopic (exact) mass is 1310 g/mol. The van der Waals surface area contributed by atoms with Crippen LogP contribution in [-0.4, -0.2) is 96.7 Å². The molecule has 0 aromatic rings. The first-order valence-corrected chi connectivity index (χ1v) is 39.7. The molecule has 0 fully saturated rings. The molecule has 0 rings (SSSR count). The van der Waals surface area contributed by atoms with Crippen LogP contribution in [0.15, 0.2) is 0 Å². The van der Waals surface area contributed by atoms with Crippen LogP contribution in [0, 0.1) is 5.92 Å². The summed E-state index contributed by atoms with van der Waals surface area (Å²) in [6.45, 7) is 7.19. The van der Waals surface area contributed by atoms with Gasteiger partial charge >= 0.3 is 39.5 Å². The topological polar surface area (TPSA) is 237 Å². The number of hydrogen-bond donors (Lipinski definition) is 3. The van der Waals surface area contributed by atoms with Crippen LogP contribution < -0.4 is 0 Å². The first kappa shape index (κ1) is 87.1. The second-order valence-corrected chi connectivity index (χ2v) is 28.4. The summed E-state index contributed by atoms with van der Waals surface area (Å²) in [5.74, 6) is -1.40. The summed E-state index contributed by atoms with van der Waals surface area (Å²) in [5, 5.41) is 10.6. The molecule has 0 heterocycles. The van der Waals surface area contributed by atoms with Crippen molar-refractivity contribution in [2.75, 3.05) is 39.6 Å². The zero-order chi connectivity index (χ0) is 65.6. The van der Waals surface area contributed by atoms with Crippen molar-refractivity contribution in [3.05, 3.63) is 0 Å². The van der Waals surface area contributed by atoms with Crippen LogP contribution >= 0.6 is 15.6 Å². The predicted octanol–water partition coefficient (Wildman–Crippen LogP) is 20.1. The largest absolute Gasteiger partial charge is 0.472 e. The zero-order valence-corrected chi connectivity index (χ0v) is 59.4. The molecule has 0 saturated carbocycles. The van der Waals surface area contributed by atoms with Gasteiger partial charge in [-0.3, -0.25) is 37.3 Å². The van der Waals surface area contributed by atoms with Gasteiger partial charge in [0.05, 0.1) is 26.4 Å². The van der Waals surface area contributed by atoms with E-state index < -0.39 is 97.5 Å². The van der Waals surface area contributed by atoms with Crippen molar-refractivity contribution in [1.82, 2.24) is 0 Å². The first-order chi connectivity index (χ1) is 43.1. The molecule has 0 aliphatic heterocycles. The molecule has 3 N–H and O–H groups in total. The van der Waals surface area contributed by atoms with Crippen LogP contribution in [0.1, 0.15) is 362 Å². The second kappa shape index (κ2) is 63.5. The number of hydrogen-bond acceptors (Lipinski definition) is 15. The van der Waals surface area contributed by atoms with Gasteiger partial charge in [0.1, 0.15) is 19.3 Å². The fraction of sp³-hybridized carbons (Fsp3) is 0.943. The Kier molecular flexibility index (Phi) is 62.1. The van der Waals surface area contributed by atoms with Gasteiger partial charge in [-0.25, -0.2) is 9.13 Å². The fourth-order valence-corrected chi connectivity index (χ4v) is 12.2. The Labute approximate surface area is 543 Å². The molecule has 0 spiro atoms. The summed E-state index contributed by atoms with van der Waals surface area (Å²) < 4.78 is 68.2. The summed E-state index contributed by atoms with van der Waals surface area (Å²) in [6, 6.07) is 0. The maximum Gasteiger partial charge on any atom is 0.472 e. The minimum Gasteiger partial charge on any atom is -0.462 e. The molecular weight excluding hydrogens is 1170 g/mol. The Morgan fingerprint density at radius 2 is 0.539 bits per heavy atom. The van der Waals surface area contributed by atoms with Crippen molar-refractivity contribution >= 4 is 39.5 Å². The third-order valence-corrected chi connectivity index (χ3v) is 18.5. The molecule has 0 saturated heterocycles. The van der Waals surface area contributed by atoms with E-state index in [4.69, 9.17) is 37.0 Å². The minimum atomic E-state index is -4.95. The standard InChI is InChI=1S/C70H136O17P2/c1-6-10-13-16-19-22-24-26-27-28-29-31-33-36-39-45-50-55-69(74)86-65(59-81-68(73)54-49-44-38-35-32-30-25-23-20-17-14-11-7-2)61-84-88(76,77)82-57-64(71)58-83-89(78,79)85-62-66(60-80-67(72)53-48-43-37-34-21-18-15-12-8-3)87-70(75)56-51-46-41-40-42-47-52-63(5)9-4/h63-66,71H,6-62H2,1-5H3,(H,76,77)(H,78,79)/t63?,64-,65-,66-/m1/s1. The van der Waals surface area contributed by atoms with E-state index in [2.05, 4.69) is 34.6 Å². The lowest BCUT2D eigenvalue weighted by atomic mass is 10.00. The van der Waals surface area contributed by atoms with Crippen molar-refractivity contribution in [2.24, 2.45) is 5.92 Å². The number of phosphoric ester groups is 2. The third kappa shape index (κ3) is 63.2. The molecule has 0 radical (unpaired) electrons. The van der Waals surface area contributed by atoms with Gasteiger partial charge in [-0.15, -0.1) is 0 Å². The minimum absolute atomic E-state index is 0.103. The van der Waals surface area contributed by atoms with E-state index in [-0.39, 0.29) is 25.7 Å². The number of esters is 4. The average molecular weight is 1310 g/mol. The molecule has 0 aromatic carbocycles. The molecule has 0 aliphatic rings. The number of aliphatic hydroxyl groups excluding tert-OH is 1.